The van der Waals surface area contributed by atoms with E-state index in [0.29, 0.717) is 11.6 Å². The first-order valence-corrected chi connectivity index (χ1v) is 7.18. The lowest BCUT2D eigenvalue weighted by Gasteiger charge is -2.13. The molecule has 2 aromatic rings. The summed E-state index contributed by atoms with van der Waals surface area (Å²) in [5.74, 6) is -0.0824. The van der Waals surface area contributed by atoms with Crippen molar-refractivity contribution in [2.24, 2.45) is 0 Å². The highest BCUT2D eigenvalue weighted by atomic mass is 35.5. The summed E-state index contributed by atoms with van der Waals surface area (Å²) in [6.45, 7) is 3.33. The minimum absolute atomic E-state index is 0.0824. The number of benzene rings is 1. The number of carbonyl (C=O) groups excluding carboxylic acids is 1. The SMILES string of the molecule is CCn1ccc(CN(C)C(=O)/C=C/c2ccccc2Cl)n1. The van der Waals surface area contributed by atoms with Crippen LogP contribution < -0.4 is 0 Å². The van der Waals surface area contributed by atoms with Gasteiger partial charge >= 0.3 is 0 Å². The maximum atomic E-state index is 12.1. The van der Waals surface area contributed by atoms with Crippen molar-refractivity contribution in [2.45, 2.75) is 20.0 Å². The van der Waals surface area contributed by atoms with Crippen LogP contribution in [0.1, 0.15) is 18.2 Å². The molecule has 0 aliphatic rings. The molecule has 0 aliphatic heterocycles. The van der Waals surface area contributed by atoms with E-state index in [-0.39, 0.29) is 5.91 Å². The van der Waals surface area contributed by atoms with Gasteiger partial charge in [0.1, 0.15) is 0 Å². The van der Waals surface area contributed by atoms with Crippen LogP contribution >= 0.6 is 11.6 Å². The number of halogens is 1. The minimum atomic E-state index is -0.0824. The largest absolute Gasteiger partial charge is 0.336 e. The van der Waals surface area contributed by atoms with Crippen molar-refractivity contribution in [3.8, 4) is 0 Å². The maximum Gasteiger partial charge on any atom is 0.246 e. The van der Waals surface area contributed by atoms with Gasteiger partial charge < -0.3 is 4.90 Å². The molecule has 4 nitrogen and oxygen atoms in total. The maximum absolute atomic E-state index is 12.1. The summed E-state index contributed by atoms with van der Waals surface area (Å²) in [6, 6.07) is 9.34. The van der Waals surface area contributed by atoms with Crippen molar-refractivity contribution in [3.63, 3.8) is 0 Å². The van der Waals surface area contributed by atoms with Gasteiger partial charge in [-0.15, -0.1) is 0 Å². The van der Waals surface area contributed by atoms with Crippen molar-refractivity contribution in [2.75, 3.05) is 7.05 Å². The van der Waals surface area contributed by atoms with E-state index in [9.17, 15) is 4.79 Å². The van der Waals surface area contributed by atoms with Crippen LogP contribution in [0.15, 0.2) is 42.6 Å². The van der Waals surface area contributed by atoms with Crippen molar-refractivity contribution < 1.29 is 4.79 Å². The second-order valence-corrected chi connectivity index (χ2v) is 5.12. The molecule has 5 heteroatoms. The van der Waals surface area contributed by atoms with E-state index >= 15 is 0 Å². The number of hydrogen-bond acceptors (Lipinski definition) is 2. The fourth-order valence-corrected chi connectivity index (χ4v) is 2.08. The standard InChI is InChI=1S/C16H18ClN3O/c1-3-20-11-10-14(18-20)12-19(2)16(21)9-8-13-6-4-5-7-15(13)17/h4-11H,3,12H2,1-2H3/b9-8+. The van der Waals surface area contributed by atoms with Crippen LogP contribution in [0.3, 0.4) is 0 Å². The third kappa shape index (κ3) is 4.20. The Kier molecular flexibility index (Phi) is 5.17. The van der Waals surface area contributed by atoms with Gasteiger partial charge in [-0.3, -0.25) is 9.48 Å². The molecular weight excluding hydrogens is 286 g/mol. The van der Waals surface area contributed by atoms with Gasteiger partial charge in [-0.25, -0.2) is 0 Å². The van der Waals surface area contributed by atoms with Gasteiger partial charge in [-0.05, 0) is 30.7 Å². The smallest absolute Gasteiger partial charge is 0.246 e. The van der Waals surface area contributed by atoms with Crippen LogP contribution in [-0.4, -0.2) is 27.6 Å². The van der Waals surface area contributed by atoms with E-state index in [2.05, 4.69) is 5.10 Å². The first-order valence-electron chi connectivity index (χ1n) is 6.80. The summed E-state index contributed by atoms with van der Waals surface area (Å²) in [4.78, 5) is 13.7. The van der Waals surface area contributed by atoms with Crippen LogP contribution in [0.5, 0.6) is 0 Å². The number of aromatic nitrogens is 2. The lowest BCUT2D eigenvalue weighted by Crippen LogP contribution is -2.24. The van der Waals surface area contributed by atoms with Gasteiger partial charge in [0, 0.05) is 30.9 Å². The molecule has 0 N–H and O–H groups in total. The zero-order chi connectivity index (χ0) is 15.2. The molecule has 21 heavy (non-hydrogen) atoms. The summed E-state index contributed by atoms with van der Waals surface area (Å²) < 4.78 is 1.84. The molecule has 0 radical (unpaired) electrons. The lowest BCUT2D eigenvalue weighted by molar-refractivity contribution is -0.125. The van der Waals surface area contributed by atoms with E-state index in [4.69, 9.17) is 11.6 Å². The van der Waals surface area contributed by atoms with Crippen LogP contribution in [0.25, 0.3) is 6.08 Å². The number of carbonyl (C=O) groups is 1. The molecule has 0 aliphatic carbocycles. The fourth-order valence-electron chi connectivity index (χ4n) is 1.88. The van der Waals surface area contributed by atoms with E-state index in [1.165, 1.54) is 6.08 Å². The second kappa shape index (κ2) is 7.09. The predicted molar refractivity (Wildman–Crippen MR) is 84.9 cm³/mol. The Morgan fingerprint density at radius 2 is 2.14 bits per heavy atom. The average Bonchev–Trinajstić information content (AvgIpc) is 2.93. The molecule has 0 saturated heterocycles. The molecule has 1 amide bonds. The van der Waals surface area contributed by atoms with Gasteiger partial charge in [0.2, 0.25) is 5.91 Å². The van der Waals surface area contributed by atoms with E-state index in [0.717, 1.165) is 17.8 Å². The van der Waals surface area contributed by atoms with Gasteiger partial charge in [0.15, 0.2) is 0 Å². The third-order valence-corrected chi connectivity index (χ3v) is 3.45. The second-order valence-electron chi connectivity index (χ2n) is 4.71. The number of hydrogen-bond donors (Lipinski definition) is 0. The first-order chi connectivity index (χ1) is 10.1. The van der Waals surface area contributed by atoms with Crippen molar-refractivity contribution in [3.05, 3.63) is 58.9 Å². The quantitative estimate of drug-likeness (QED) is 0.795. The Labute approximate surface area is 129 Å². The molecule has 110 valence electrons. The topological polar surface area (TPSA) is 38.1 Å². The molecule has 0 fully saturated rings. The van der Waals surface area contributed by atoms with E-state index in [1.54, 1.807) is 24.1 Å². The van der Waals surface area contributed by atoms with Crippen LogP contribution in [0.4, 0.5) is 0 Å². The molecule has 2 rings (SSSR count). The van der Waals surface area contributed by atoms with Crippen LogP contribution in [0, 0.1) is 0 Å². The summed E-state index contributed by atoms with van der Waals surface area (Å²) in [6.07, 6.45) is 5.16. The molecule has 1 heterocycles. The van der Waals surface area contributed by atoms with Gasteiger partial charge in [0.05, 0.1) is 12.2 Å². The molecule has 0 bridgehead atoms. The minimum Gasteiger partial charge on any atom is -0.336 e. The monoisotopic (exact) mass is 303 g/mol. The molecule has 0 spiro atoms. The lowest BCUT2D eigenvalue weighted by atomic mass is 10.2. The predicted octanol–water partition coefficient (Wildman–Crippen LogP) is 3.23. The van der Waals surface area contributed by atoms with E-state index in [1.807, 2.05) is 42.1 Å². The molecule has 1 aromatic carbocycles. The Hall–Kier alpha value is -2.07. The number of likely N-dealkylation sites (N-methyl/N-ethyl adjacent to an activating group) is 1. The number of rotatable bonds is 5. The van der Waals surface area contributed by atoms with Gasteiger partial charge in [0.25, 0.3) is 0 Å². The van der Waals surface area contributed by atoms with Gasteiger partial charge in [-0.2, -0.15) is 5.10 Å². The number of aryl methyl sites for hydroxylation is 1. The summed E-state index contributed by atoms with van der Waals surface area (Å²) >= 11 is 6.05. The summed E-state index contributed by atoms with van der Waals surface area (Å²) in [7, 11) is 1.75. The number of nitrogens with zero attached hydrogens (tertiary/aromatic N) is 3. The first kappa shape index (κ1) is 15.3. The normalized spacial score (nSPS) is 11.0. The zero-order valence-corrected chi connectivity index (χ0v) is 12.9. The fraction of sp³-hybridized carbons (Fsp3) is 0.250. The summed E-state index contributed by atoms with van der Waals surface area (Å²) in [5.41, 5.74) is 1.70. The highest BCUT2D eigenvalue weighted by Crippen LogP contribution is 2.16. The molecule has 0 atom stereocenters. The zero-order valence-electron chi connectivity index (χ0n) is 12.2. The molecule has 0 unspecified atom stereocenters. The molecule has 1 aromatic heterocycles. The average molecular weight is 304 g/mol. The van der Waals surface area contributed by atoms with Crippen molar-refractivity contribution in [1.29, 1.82) is 0 Å². The summed E-state index contributed by atoms with van der Waals surface area (Å²) in [5, 5.41) is 4.99. The third-order valence-electron chi connectivity index (χ3n) is 3.11. The Morgan fingerprint density at radius 1 is 1.38 bits per heavy atom. The Morgan fingerprint density at radius 3 is 2.81 bits per heavy atom. The van der Waals surface area contributed by atoms with Crippen LogP contribution in [0.2, 0.25) is 5.02 Å². The highest BCUT2D eigenvalue weighted by molar-refractivity contribution is 6.32. The highest BCUT2D eigenvalue weighted by Gasteiger charge is 2.08. The Bertz CT molecular complexity index is 648. The van der Waals surface area contributed by atoms with Crippen LogP contribution in [-0.2, 0) is 17.9 Å². The molecule has 0 saturated carbocycles. The molecular formula is C16H18ClN3O. The van der Waals surface area contributed by atoms with Crippen molar-refractivity contribution >= 4 is 23.6 Å². The van der Waals surface area contributed by atoms with Gasteiger partial charge in [-0.1, -0.05) is 29.8 Å². The van der Waals surface area contributed by atoms with E-state index < -0.39 is 0 Å². The number of amides is 1. The Balaban J connectivity index is 1.98. The van der Waals surface area contributed by atoms with Crippen molar-refractivity contribution in [1.82, 2.24) is 14.7 Å².